The van der Waals surface area contributed by atoms with E-state index in [1.807, 2.05) is 103 Å². The minimum atomic E-state index is -4.67. The Morgan fingerprint density at radius 3 is 1.25 bits per heavy atom. The Labute approximate surface area is 737 Å². The molecule has 9 aliphatic rings. The van der Waals surface area contributed by atoms with Crippen LogP contribution in [-0.2, 0) is 16.0 Å². The molecule has 566 valence electrons. The van der Waals surface area contributed by atoms with E-state index in [4.69, 9.17) is 158 Å². The summed E-state index contributed by atoms with van der Waals surface area (Å²) >= 11 is 96.3. The van der Waals surface area contributed by atoms with Crippen LogP contribution in [0.15, 0.2) is 138 Å². The number of rotatable bonds is 13. The van der Waals surface area contributed by atoms with Crippen LogP contribution in [-0.4, -0.2) is 42.7 Å². The van der Waals surface area contributed by atoms with Crippen molar-refractivity contribution in [3.63, 3.8) is 0 Å². The van der Waals surface area contributed by atoms with Crippen LogP contribution in [0.2, 0.25) is 60.3 Å². The molecule has 6 aliphatic heterocycles. The molecule has 2 aromatic heterocycles. The van der Waals surface area contributed by atoms with Crippen LogP contribution in [0.5, 0.6) is 46.0 Å². The van der Waals surface area contributed by atoms with Crippen molar-refractivity contribution < 1.29 is 70.6 Å². The van der Waals surface area contributed by atoms with Gasteiger partial charge in [-0.25, -0.2) is 8.42 Å². The molecule has 12 aromatic rings. The predicted molar refractivity (Wildman–Crippen MR) is 457 cm³/mol. The van der Waals surface area contributed by atoms with Crippen LogP contribution in [0.25, 0.3) is 79.1 Å². The van der Waals surface area contributed by atoms with Gasteiger partial charge in [0.2, 0.25) is 22.8 Å². The molecule has 1 spiro atoms. The average Bonchev–Trinajstić information content (AvgIpc) is 1.45. The molecular formula is C89H59Cl12N4NaO7S+2. The summed E-state index contributed by atoms with van der Waals surface area (Å²) in [4.78, 5) is -0.311. The van der Waals surface area contributed by atoms with Crippen molar-refractivity contribution in [2.45, 2.75) is 125 Å². The molecule has 0 saturated heterocycles. The summed E-state index contributed by atoms with van der Waals surface area (Å²) in [5.74, 6) is 1.55. The van der Waals surface area contributed by atoms with Gasteiger partial charge in [-0.15, -0.1) is 0 Å². The minimum absolute atomic E-state index is 0. The topological polar surface area (TPSA) is 110 Å². The number of hydrogen-bond donors (Lipinski definition) is 0. The van der Waals surface area contributed by atoms with Crippen LogP contribution >= 0.6 is 139 Å². The second-order valence-electron chi connectivity index (χ2n) is 30.4. The zero-order valence-electron chi connectivity index (χ0n) is 60.4. The largest absolute Gasteiger partial charge is 1.00 e. The Kier molecular flexibility index (Phi) is 19.2. The molecule has 25 heteroatoms. The van der Waals surface area contributed by atoms with Gasteiger partial charge in [-0.05, 0) is 143 Å². The van der Waals surface area contributed by atoms with Crippen molar-refractivity contribution in [3.8, 4) is 57.1 Å². The fourth-order valence-corrected chi connectivity index (χ4v) is 23.5. The molecule has 3 fully saturated rings. The minimum Gasteiger partial charge on any atom is -0.744 e. The van der Waals surface area contributed by atoms with E-state index in [2.05, 4.69) is 36.5 Å². The zero-order valence-corrected chi connectivity index (χ0v) is 72.3. The fourth-order valence-electron chi connectivity index (χ4n) is 19.5. The van der Waals surface area contributed by atoms with Crippen LogP contribution in [0.1, 0.15) is 164 Å². The van der Waals surface area contributed by atoms with Crippen molar-refractivity contribution in [1.29, 1.82) is 0 Å². The summed E-state index contributed by atoms with van der Waals surface area (Å²) in [7, 11) is -4.67. The van der Waals surface area contributed by atoms with E-state index >= 15 is 0 Å². The normalized spacial score (nSPS) is 18.0. The van der Waals surface area contributed by atoms with Crippen molar-refractivity contribution in [1.82, 2.24) is 9.13 Å². The van der Waals surface area contributed by atoms with E-state index in [1.165, 1.54) is 12.1 Å². The van der Waals surface area contributed by atoms with E-state index in [0.29, 0.717) is 117 Å². The molecular weight excluding hydrogens is 1720 g/mol. The van der Waals surface area contributed by atoms with Crippen molar-refractivity contribution in [3.05, 3.63) is 255 Å². The summed E-state index contributed by atoms with van der Waals surface area (Å²) in [6, 6.07) is 41.3. The second-order valence-corrected chi connectivity index (χ2v) is 36.3. The first-order chi connectivity index (χ1) is 54.7. The summed E-state index contributed by atoms with van der Waals surface area (Å²) < 4.78 is 72.9. The maximum absolute atomic E-state index is 11.9. The van der Waals surface area contributed by atoms with Crippen molar-refractivity contribution in [2.75, 3.05) is 0 Å². The monoisotopic (exact) mass is 1770 g/mol. The zero-order chi connectivity index (χ0) is 77.3. The molecule has 0 N–H and O–H groups in total. The molecule has 21 rings (SSSR count). The Hall–Kier alpha value is -6.31. The SMILES string of the molecule is O=S(=O)([O-])c1ccc2cc(-c3ccc(Oc4c(Cl)c(Cl)c5c(c4Cl)C4=[N+]6C5=Cc5c7c(Cl)c(Cl)c(Oc8ccccc8C8CCCCC8)c(Cl)c7c7n5C65n6c(c8c(Cl)c(Cl)c(Oc9ccccc9C9CCCCC9)c(Cl)c8c6=C4)=CC4=[N+]5C(=C7)c5c(Cl)c(Oc6ccccc6C6CCCCC6)c(Cl)c(Cl)c54)cc3)ccc2c1.[Na+]. The molecule has 11 nitrogen and oxygen atoms in total. The van der Waals surface area contributed by atoms with E-state index in [1.54, 1.807) is 24.3 Å². The van der Waals surface area contributed by atoms with Gasteiger partial charge in [-0.2, -0.15) is 9.13 Å². The quantitative estimate of drug-likeness (QED) is 0.0489. The third-order valence-corrected chi connectivity index (χ3v) is 30.0. The molecule has 10 aromatic carbocycles. The first kappa shape index (κ1) is 76.4. The number of benzene rings is 10. The molecule has 114 heavy (non-hydrogen) atoms. The van der Waals surface area contributed by atoms with Gasteiger partial charge in [-0.1, -0.05) is 291 Å². The molecule has 0 radical (unpaired) electrons. The van der Waals surface area contributed by atoms with Gasteiger partial charge in [0.05, 0.1) is 89.4 Å². The number of halogens is 12. The Morgan fingerprint density at radius 2 is 0.746 bits per heavy atom. The van der Waals surface area contributed by atoms with Crippen molar-refractivity contribution >= 4 is 229 Å². The number of ether oxygens (including phenoxy) is 4. The Balaban J connectivity index is 0.00000842. The van der Waals surface area contributed by atoms with Gasteiger partial charge in [-0.3, -0.25) is 0 Å². The maximum atomic E-state index is 11.9. The Morgan fingerprint density at radius 1 is 0.368 bits per heavy atom. The van der Waals surface area contributed by atoms with Crippen LogP contribution in [0, 0.1) is 0 Å². The number of hydrogen-bond acceptors (Lipinski definition) is 7. The first-order valence-corrected chi connectivity index (χ1v) is 43.6. The molecule has 3 saturated carbocycles. The van der Waals surface area contributed by atoms with E-state index in [0.717, 1.165) is 130 Å². The number of para-hydroxylation sites is 3. The predicted octanol–water partition coefficient (Wildman–Crippen LogP) is 24.8. The molecule has 3 aliphatic carbocycles. The van der Waals surface area contributed by atoms with E-state index < -0.39 is 16.0 Å². The van der Waals surface area contributed by atoms with E-state index in [-0.39, 0.29) is 135 Å². The molecule has 8 heterocycles. The van der Waals surface area contributed by atoms with E-state index in [9.17, 15) is 13.0 Å². The Bertz CT molecular complexity index is 6770. The summed E-state index contributed by atoms with van der Waals surface area (Å²) in [6.07, 6.45) is 24.1. The van der Waals surface area contributed by atoms with Gasteiger partial charge in [0.25, 0.3) is 0 Å². The van der Waals surface area contributed by atoms with Gasteiger partial charge >= 0.3 is 35.5 Å². The molecule has 0 amide bonds. The third-order valence-electron chi connectivity index (χ3n) is 24.4. The maximum Gasteiger partial charge on any atom is 1.00 e. The second kappa shape index (κ2) is 28.7. The fraction of sp³-hybridized carbons (Fsp3) is 0.213. The summed E-state index contributed by atoms with van der Waals surface area (Å²) in [5.41, 5.74) is 9.67. The van der Waals surface area contributed by atoms with Gasteiger partial charge in [0.1, 0.15) is 53.2 Å². The van der Waals surface area contributed by atoms with Gasteiger partial charge in [0, 0.05) is 45.8 Å². The third kappa shape index (κ3) is 11.3. The molecule has 1 atom stereocenters. The van der Waals surface area contributed by atoms with Gasteiger partial charge < -0.3 is 23.5 Å². The summed E-state index contributed by atoms with van der Waals surface area (Å²) in [5, 5.41) is 5.56. The number of fused-ring (bicyclic) bond motifs is 13. The van der Waals surface area contributed by atoms with Crippen molar-refractivity contribution in [2.24, 2.45) is 0 Å². The van der Waals surface area contributed by atoms with Gasteiger partial charge in [0.15, 0.2) is 23.0 Å². The van der Waals surface area contributed by atoms with Crippen LogP contribution in [0.4, 0.5) is 0 Å². The average molecular weight is 1780 g/mol. The summed E-state index contributed by atoms with van der Waals surface area (Å²) in [6.45, 7) is 0. The number of nitrogens with zero attached hydrogens (tertiary/aromatic N) is 4. The molecule has 0 bridgehead atoms. The first-order valence-electron chi connectivity index (χ1n) is 37.7. The molecule has 1 unspecified atom stereocenters. The number of aromatic nitrogens is 2. The van der Waals surface area contributed by atoms with Crippen LogP contribution < -0.4 is 59.2 Å². The van der Waals surface area contributed by atoms with Crippen LogP contribution in [0.3, 0.4) is 0 Å². The standard InChI is InChI=1S/C89H59Cl12N4O7S.Na/c90-73-65-54-38-55-66-71(79(96)87(82(99)74(66)91)111-63-26-14-11-23-52(63)44-18-6-2-7-19-44)60-41-61-72-68(76(93)84(101)88(80(72)97)112-64-27-15-12-24-53(64)45-20-8-3-9-21-45)57-39-56-67-70(78(95)86(83(100)75(67)92)110-62-25-13-10-22-51(62)43-16-4-1-5-17-43)59-40-58(102(54)89(103(56)59,104(55)60)105(57)61)69(65)77(94)85(81(73)98)109-49-33-30-42(31-34-49)46-28-29-48-37-50(113(106,107)108)35-32-47(48)36-46;/h10-15,22-41,43-45H,1-9,16-21H2;/q2*+1. The smallest absolute Gasteiger partial charge is 0.744 e.